The van der Waals surface area contributed by atoms with Crippen molar-refractivity contribution in [3.8, 4) is 0 Å². The normalized spacial score (nSPS) is 10.1. The highest BCUT2D eigenvalue weighted by Gasteiger charge is 2.16. The number of nitro groups is 1. The van der Waals surface area contributed by atoms with Gasteiger partial charge in [-0.3, -0.25) is 20.2 Å². The van der Waals surface area contributed by atoms with E-state index in [9.17, 15) is 19.7 Å². The van der Waals surface area contributed by atoms with Crippen LogP contribution in [0.1, 0.15) is 26.3 Å². The SMILES string of the molecule is Cc1ccc(C(=O)NC(=S)Nc2ccc(Cl)c(C(=O)O)c2)cc1[N+](=O)[O-]. The van der Waals surface area contributed by atoms with E-state index in [0.29, 0.717) is 11.3 Å². The summed E-state index contributed by atoms with van der Waals surface area (Å²) in [6.45, 7) is 1.56. The number of amides is 1. The maximum atomic E-state index is 12.2. The van der Waals surface area contributed by atoms with Crippen LogP contribution in [0.5, 0.6) is 0 Å². The van der Waals surface area contributed by atoms with Crippen LogP contribution in [0.4, 0.5) is 11.4 Å². The van der Waals surface area contributed by atoms with Crippen LogP contribution in [-0.2, 0) is 0 Å². The number of rotatable bonds is 4. The number of carboxylic acids is 1. The van der Waals surface area contributed by atoms with Crippen LogP contribution >= 0.6 is 23.8 Å². The van der Waals surface area contributed by atoms with Gasteiger partial charge in [0, 0.05) is 22.9 Å². The molecule has 0 saturated carbocycles. The van der Waals surface area contributed by atoms with Crippen molar-refractivity contribution in [3.63, 3.8) is 0 Å². The van der Waals surface area contributed by atoms with E-state index in [1.165, 1.54) is 30.3 Å². The van der Waals surface area contributed by atoms with Crippen molar-refractivity contribution >= 4 is 52.2 Å². The van der Waals surface area contributed by atoms with Crippen LogP contribution in [-0.4, -0.2) is 27.0 Å². The molecule has 0 aliphatic carbocycles. The van der Waals surface area contributed by atoms with Gasteiger partial charge in [-0.2, -0.15) is 0 Å². The fraction of sp³-hybridized carbons (Fsp3) is 0.0625. The average Bonchev–Trinajstić information content (AvgIpc) is 2.56. The number of anilines is 1. The summed E-state index contributed by atoms with van der Waals surface area (Å²) in [4.78, 5) is 33.6. The lowest BCUT2D eigenvalue weighted by Crippen LogP contribution is -2.34. The molecule has 0 heterocycles. The molecule has 2 aromatic carbocycles. The molecule has 0 saturated heterocycles. The molecule has 0 bridgehead atoms. The molecule has 0 unspecified atom stereocenters. The van der Waals surface area contributed by atoms with Gasteiger partial charge in [-0.15, -0.1) is 0 Å². The summed E-state index contributed by atoms with van der Waals surface area (Å²) in [5, 5.41) is 25.0. The summed E-state index contributed by atoms with van der Waals surface area (Å²) in [5.41, 5.74) is 0.496. The Bertz CT molecular complexity index is 932. The quantitative estimate of drug-likeness (QED) is 0.413. The van der Waals surface area contributed by atoms with Crippen molar-refractivity contribution in [3.05, 3.63) is 68.2 Å². The second kappa shape index (κ2) is 7.89. The van der Waals surface area contributed by atoms with Crippen LogP contribution in [0.25, 0.3) is 0 Å². The highest BCUT2D eigenvalue weighted by Crippen LogP contribution is 2.21. The van der Waals surface area contributed by atoms with E-state index in [4.69, 9.17) is 28.9 Å². The number of carbonyl (C=O) groups is 2. The van der Waals surface area contributed by atoms with Gasteiger partial charge < -0.3 is 10.4 Å². The molecular formula is C16H12ClN3O5S. The molecule has 2 rings (SSSR count). The minimum Gasteiger partial charge on any atom is -0.478 e. The van der Waals surface area contributed by atoms with Gasteiger partial charge in [-0.05, 0) is 43.4 Å². The van der Waals surface area contributed by atoms with E-state index in [1.54, 1.807) is 6.92 Å². The van der Waals surface area contributed by atoms with Crippen molar-refractivity contribution in [1.29, 1.82) is 0 Å². The molecule has 10 heteroatoms. The van der Waals surface area contributed by atoms with Gasteiger partial charge in [0.05, 0.1) is 15.5 Å². The highest BCUT2D eigenvalue weighted by molar-refractivity contribution is 7.80. The van der Waals surface area contributed by atoms with Crippen molar-refractivity contribution in [2.45, 2.75) is 6.92 Å². The van der Waals surface area contributed by atoms with Gasteiger partial charge in [0.25, 0.3) is 11.6 Å². The first kappa shape index (κ1) is 19.3. The largest absolute Gasteiger partial charge is 0.478 e. The molecule has 1 amide bonds. The Labute approximate surface area is 157 Å². The molecule has 8 nitrogen and oxygen atoms in total. The third-order valence-corrected chi connectivity index (χ3v) is 3.88. The molecule has 0 radical (unpaired) electrons. The third kappa shape index (κ3) is 4.52. The Morgan fingerprint density at radius 3 is 2.54 bits per heavy atom. The number of thiocarbonyl (C=S) groups is 1. The molecular weight excluding hydrogens is 382 g/mol. The molecule has 134 valence electrons. The predicted octanol–water partition coefficient (Wildman–Crippen LogP) is 3.38. The summed E-state index contributed by atoms with van der Waals surface area (Å²) in [6.07, 6.45) is 0. The zero-order valence-corrected chi connectivity index (χ0v) is 14.9. The topological polar surface area (TPSA) is 122 Å². The van der Waals surface area contributed by atoms with E-state index < -0.39 is 16.8 Å². The third-order valence-electron chi connectivity index (χ3n) is 3.35. The van der Waals surface area contributed by atoms with E-state index in [2.05, 4.69) is 10.6 Å². The molecule has 0 fully saturated rings. The minimum atomic E-state index is -1.21. The lowest BCUT2D eigenvalue weighted by Gasteiger charge is -2.11. The van der Waals surface area contributed by atoms with Crippen LogP contribution in [0.15, 0.2) is 36.4 Å². The number of nitro benzene ring substituents is 1. The van der Waals surface area contributed by atoms with E-state index in [-0.39, 0.29) is 26.9 Å². The van der Waals surface area contributed by atoms with Crippen LogP contribution < -0.4 is 10.6 Å². The number of aryl methyl sites for hydroxylation is 1. The lowest BCUT2D eigenvalue weighted by atomic mass is 10.1. The molecule has 0 aliphatic heterocycles. The van der Waals surface area contributed by atoms with Crippen molar-refractivity contribution in [2.24, 2.45) is 0 Å². The van der Waals surface area contributed by atoms with Gasteiger partial charge in [0.2, 0.25) is 0 Å². The monoisotopic (exact) mass is 393 g/mol. The minimum absolute atomic E-state index is 0.0602. The van der Waals surface area contributed by atoms with Crippen molar-refractivity contribution < 1.29 is 19.6 Å². The molecule has 0 atom stereocenters. The summed E-state index contributed by atoms with van der Waals surface area (Å²) in [6, 6.07) is 8.18. The van der Waals surface area contributed by atoms with E-state index >= 15 is 0 Å². The number of hydrogen-bond acceptors (Lipinski definition) is 5. The number of benzene rings is 2. The van der Waals surface area contributed by atoms with Crippen molar-refractivity contribution in [2.75, 3.05) is 5.32 Å². The number of nitrogens with zero attached hydrogens (tertiary/aromatic N) is 1. The second-order valence-corrected chi connectivity index (χ2v) is 5.98. The Balaban J connectivity index is 2.12. The fourth-order valence-electron chi connectivity index (χ4n) is 2.05. The number of carboxylic acid groups (broad SMARTS) is 1. The van der Waals surface area contributed by atoms with Crippen LogP contribution in [0.3, 0.4) is 0 Å². The fourth-order valence-corrected chi connectivity index (χ4v) is 2.46. The van der Waals surface area contributed by atoms with Gasteiger partial charge in [0.15, 0.2) is 5.11 Å². The molecule has 0 aliphatic rings. The second-order valence-electron chi connectivity index (χ2n) is 5.17. The van der Waals surface area contributed by atoms with Gasteiger partial charge in [-0.25, -0.2) is 4.79 Å². The number of hydrogen-bond donors (Lipinski definition) is 3. The maximum absolute atomic E-state index is 12.2. The van der Waals surface area contributed by atoms with Crippen LogP contribution in [0, 0.1) is 17.0 Å². The Hall–Kier alpha value is -3.04. The Morgan fingerprint density at radius 1 is 1.23 bits per heavy atom. The highest BCUT2D eigenvalue weighted by atomic mass is 35.5. The molecule has 26 heavy (non-hydrogen) atoms. The first-order valence-electron chi connectivity index (χ1n) is 7.09. The van der Waals surface area contributed by atoms with Crippen LogP contribution in [0.2, 0.25) is 5.02 Å². The molecule has 2 aromatic rings. The number of carbonyl (C=O) groups excluding carboxylic acids is 1. The summed E-state index contributed by atoms with van der Waals surface area (Å²) in [7, 11) is 0. The first-order valence-corrected chi connectivity index (χ1v) is 7.88. The van der Waals surface area contributed by atoms with Gasteiger partial charge >= 0.3 is 5.97 Å². The smallest absolute Gasteiger partial charge is 0.337 e. The molecule has 0 spiro atoms. The standard InChI is InChI=1S/C16H12ClN3O5S/c1-8-2-3-9(6-13(8)20(24)25)14(21)19-16(26)18-10-4-5-12(17)11(7-10)15(22)23/h2-7H,1H3,(H,22,23)(H2,18,19,21,26). The summed E-state index contributed by atoms with van der Waals surface area (Å²) in [5.74, 6) is -1.85. The molecule has 3 N–H and O–H groups in total. The number of aromatic carboxylic acids is 1. The Kier molecular flexibility index (Phi) is 5.86. The zero-order chi connectivity index (χ0) is 19.4. The number of halogens is 1. The van der Waals surface area contributed by atoms with E-state index in [0.717, 1.165) is 6.07 Å². The Morgan fingerprint density at radius 2 is 1.92 bits per heavy atom. The van der Waals surface area contributed by atoms with Crippen molar-refractivity contribution in [1.82, 2.24) is 5.32 Å². The van der Waals surface area contributed by atoms with Gasteiger partial charge in [0.1, 0.15) is 0 Å². The summed E-state index contributed by atoms with van der Waals surface area (Å²) < 4.78 is 0. The first-order chi connectivity index (χ1) is 12.2. The zero-order valence-electron chi connectivity index (χ0n) is 13.3. The predicted molar refractivity (Wildman–Crippen MR) is 99.9 cm³/mol. The van der Waals surface area contributed by atoms with Gasteiger partial charge in [-0.1, -0.05) is 17.7 Å². The maximum Gasteiger partial charge on any atom is 0.337 e. The number of nitrogens with one attached hydrogen (secondary N) is 2. The lowest BCUT2D eigenvalue weighted by molar-refractivity contribution is -0.385. The van der Waals surface area contributed by atoms with E-state index in [1.807, 2.05) is 0 Å². The molecule has 0 aromatic heterocycles. The summed E-state index contributed by atoms with van der Waals surface area (Å²) >= 11 is 10.8. The average molecular weight is 394 g/mol.